The van der Waals surface area contributed by atoms with Crippen LogP contribution in [-0.2, 0) is 13.6 Å². The largest absolute Gasteiger partial charge is 0.497 e. The summed E-state index contributed by atoms with van der Waals surface area (Å²) >= 11 is 0. The third-order valence-corrected chi connectivity index (χ3v) is 3.57. The molecule has 0 saturated heterocycles. The van der Waals surface area contributed by atoms with E-state index in [0.717, 1.165) is 18.8 Å². The van der Waals surface area contributed by atoms with Crippen molar-refractivity contribution in [3.8, 4) is 5.75 Å². The van der Waals surface area contributed by atoms with E-state index >= 15 is 0 Å². The number of methoxy groups -OCH3 is 1. The Hall–Kier alpha value is -1.85. The van der Waals surface area contributed by atoms with Gasteiger partial charge in [-0.15, -0.1) is 0 Å². The summed E-state index contributed by atoms with van der Waals surface area (Å²) in [5.41, 5.74) is 2.49. The van der Waals surface area contributed by atoms with E-state index in [1.54, 1.807) is 7.11 Å². The molecule has 1 N–H and O–H groups in total. The quantitative estimate of drug-likeness (QED) is 0.844. The van der Waals surface area contributed by atoms with Crippen LogP contribution in [0.15, 0.2) is 36.7 Å². The highest BCUT2D eigenvalue weighted by atomic mass is 16.5. The monoisotopic (exact) mass is 288 g/mol. The number of nitrogens with one attached hydrogen (secondary N) is 1. The van der Waals surface area contributed by atoms with E-state index in [0.29, 0.717) is 0 Å². The van der Waals surface area contributed by atoms with Crippen molar-refractivity contribution in [3.63, 3.8) is 0 Å². The number of hydrogen-bond donors (Lipinski definition) is 1. The maximum atomic E-state index is 5.20. The lowest BCUT2D eigenvalue weighted by molar-refractivity contribution is 0.289. The van der Waals surface area contributed by atoms with E-state index in [1.165, 1.54) is 11.1 Å². The first kappa shape index (κ1) is 15.5. The van der Waals surface area contributed by atoms with Gasteiger partial charge in [-0.2, -0.15) is 5.10 Å². The van der Waals surface area contributed by atoms with E-state index in [4.69, 9.17) is 4.74 Å². The predicted molar refractivity (Wildman–Crippen MR) is 84.3 cm³/mol. The first-order valence-corrected chi connectivity index (χ1v) is 7.09. The molecule has 1 unspecified atom stereocenters. The Bertz CT molecular complexity index is 550. The summed E-state index contributed by atoms with van der Waals surface area (Å²) in [5.74, 6) is 0.886. The number of hydrogen-bond acceptors (Lipinski definition) is 4. The van der Waals surface area contributed by atoms with Crippen molar-refractivity contribution in [1.82, 2.24) is 20.0 Å². The molecular weight excluding hydrogens is 264 g/mol. The van der Waals surface area contributed by atoms with Gasteiger partial charge in [-0.1, -0.05) is 12.1 Å². The summed E-state index contributed by atoms with van der Waals surface area (Å²) < 4.78 is 7.04. The van der Waals surface area contributed by atoms with Gasteiger partial charge in [0.05, 0.1) is 13.3 Å². The van der Waals surface area contributed by atoms with Crippen LogP contribution in [0, 0.1) is 0 Å². The van der Waals surface area contributed by atoms with Crippen molar-refractivity contribution in [3.05, 3.63) is 47.8 Å². The van der Waals surface area contributed by atoms with Gasteiger partial charge in [0.15, 0.2) is 0 Å². The lowest BCUT2D eigenvalue weighted by Crippen LogP contribution is -2.30. The van der Waals surface area contributed by atoms with Crippen LogP contribution in [0.4, 0.5) is 0 Å². The van der Waals surface area contributed by atoms with Crippen LogP contribution in [0.5, 0.6) is 5.75 Å². The Labute approximate surface area is 126 Å². The summed E-state index contributed by atoms with van der Waals surface area (Å²) in [5, 5.41) is 7.58. The first-order chi connectivity index (χ1) is 10.1. The second-order valence-corrected chi connectivity index (χ2v) is 5.33. The molecule has 0 fully saturated rings. The first-order valence-electron chi connectivity index (χ1n) is 7.09. The number of nitrogens with zero attached hydrogens (tertiary/aromatic N) is 3. The molecule has 5 nitrogen and oxygen atoms in total. The highest BCUT2D eigenvalue weighted by Gasteiger charge is 2.13. The summed E-state index contributed by atoms with van der Waals surface area (Å²) in [6.45, 7) is 1.82. The van der Waals surface area contributed by atoms with Gasteiger partial charge < -0.3 is 15.0 Å². The smallest absolute Gasteiger partial charge is 0.118 e. The summed E-state index contributed by atoms with van der Waals surface area (Å²) in [6.07, 6.45) is 3.97. The van der Waals surface area contributed by atoms with Gasteiger partial charge in [-0.25, -0.2) is 0 Å². The van der Waals surface area contributed by atoms with Crippen LogP contribution in [0.3, 0.4) is 0 Å². The molecule has 0 saturated carbocycles. The SMILES string of the molecule is CNC(CN(C)Cc1cnn(C)c1)c1ccc(OC)cc1. The van der Waals surface area contributed by atoms with Crippen molar-refractivity contribution in [2.24, 2.45) is 7.05 Å². The van der Waals surface area contributed by atoms with Crippen molar-refractivity contribution < 1.29 is 4.74 Å². The molecule has 0 radical (unpaired) electrons. The van der Waals surface area contributed by atoms with Crippen molar-refractivity contribution in [1.29, 1.82) is 0 Å². The van der Waals surface area contributed by atoms with Crippen LogP contribution in [0.25, 0.3) is 0 Å². The second-order valence-electron chi connectivity index (χ2n) is 5.33. The summed E-state index contributed by atoms with van der Waals surface area (Å²) in [4.78, 5) is 2.29. The van der Waals surface area contributed by atoms with Crippen molar-refractivity contribution in [2.75, 3.05) is 27.7 Å². The number of aromatic nitrogens is 2. The zero-order valence-corrected chi connectivity index (χ0v) is 13.2. The highest BCUT2D eigenvalue weighted by molar-refractivity contribution is 5.29. The summed E-state index contributed by atoms with van der Waals surface area (Å²) in [6, 6.07) is 8.51. The van der Waals surface area contributed by atoms with Crippen molar-refractivity contribution in [2.45, 2.75) is 12.6 Å². The maximum absolute atomic E-state index is 5.20. The molecule has 2 aromatic rings. The Morgan fingerprint density at radius 2 is 2.05 bits per heavy atom. The molecule has 1 atom stereocenters. The Morgan fingerprint density at radius 3 is 2.57 bits per heavy atom. The molecule has 1 aromatic carbocycles. The van der Waals surface area contributed by atoms with Crippen LogP contribution < -0.4 is 10.1 Å². The standard InChI is InChI=1S/C16H24N4O/c1-17-16(14-5-7-15(21-4)8-6-14)12-19(2)10-13-9-18-20(3)11-13/h5-9,11,16-17H,10,12H2,1-4H3. The molecule has 0 bridgehead atoms. The van der Waals surface area contributed by atoms with Gasteiger partial charge in [-0.3, -0.25) is 4.68 Å². The van der Waals surface area contributed by atoms with E-state index in [-0.39, 0.29) is 6.04 Å². The predicted octanol–water partition coefficient (Wildman–Crippen LogP) is 1.82. The van der Waals surface area contributed by atoms with Crippen molar-refractivity contribution >= 4 is 0 Å². The lowest BCUT2D eigenvalue weighted by Gasteiger charge is -2.24. The van der Waals surface area contributed by atoms with E-state index in [2.05, 4.69) is 40.7 Å². The molecule has 0 amide bonds. The third-order valence-electron chi connectivity index (χ3n) is 3.57. The molecule has 1 heterocycles. The molecule has 0 aliphatic rings. The number of ether oxygens (including phenoxy) is 1. The minimum atomic E-state index is 0.289. The highest BCUT2D eigenvalue weighted by Crippen LogP contribution is 2.18. The molecule has 2 rings (SSSR count). The van der Waals surface area contributed by atoms with Crippen LogP contribution in [0.1, 0.15) is 17.2 Å². The van der Waals surface area contributed by atoms with Gasteiger partial charge >= 0.3 is 0 Å². The Balaban J connectivity index is 1.97. The van der Waals surface area contributed by atoms with Gasteiger partial charge in [-0.05, 0) is 31.8 Å². The summed E-state index contributed by atoms with van der Waals surface area (Å²) in [7, 11) is 7.75. The van der Waals surface area contributed by atoms with Crippen LogP contribution >= 0.6 is 0 Å². The maximum Gasteiger partial charge on any atom is 0.118 e. The van der Waals surface area contributed by atoms with Crippen LogP contribution in [0.2, 0.25) is 0 Å². The number of rotatable bonds is 7. The fourth-order valence-corrected chi connectivity index (χ4v) is 2.44. The van der Waals surface area contributed by atoms with E-state index < -0.39 is 0 Å². The molecule has 21 heavy (non-hydrogen) atoms. The number of benzene rings is 1. The lowest BCUT2D eigenvalue weighted by atomic mass is 10.1. The zero-order chi connectivity index (χ0) is 15.2. The Morgan fingerprint density at radius 1 is 1.33 bits per heavy atom. The average molecular weight is 288 g/mol. The van der Waals surface area contributed by atoms with Gasteiger partial charge in [0.2, 0.25) is 0 Å². The fraction of sp³-hybridized carbons (Fsp3) is 0.438. The Kier molecular flexibility index (Phi) is 5.36. The molecule has 114 valence electrons. The molecule has 1 aromatic heterocycles. The second kappa shape index (κ2) is 7.24. The normalized spacial score (nSPS) is 12.6. The molecule has 0 aliphatic heterocycles. The fourth-order valence-electron chi connectivity index (χ4n) is 2.44. The minimum Gasteiger partial charge on any atom is -0.497 e. The van der Waals surface area contributed by atoms with Gasteiger partial charge in [0.25, 0.3) is 0 Å². The third kappa shape index (κ3) is 4.31. The molecule has 0 spiro atoms. The van der Waals surface area contributed by atoms with Gasteiger partial charge in [0, 0.05) is 37.9 Å². The molecular formula is C16H24N4O. The molecule has 5 heteroatoms. The minimum absolute atomic E-state index is 0.289. The van der Waals surface area contributed by atoms with Gasteiger partial charge in [0.1, 0.15) is 5.75 Å². The van der Waals surface area contributed by atoms with E-state index in [9.17, 15) is 0 Å². The molecule has 0 aliphatic carbocycles. The topological polar surface area (TPSA) is 42.3 Å². The number of aryl methyl sites for hydroxylation is 1. The zero-order valence-electron chi connectivity index (χ0n) is 13.2. The number of likely N-dealkylation sites (N-methyl/N-ethyl adjacent to an activating group) is 2. The van der Waals surface area contributed by atoms with Crippen LogP contribution in [-0.4, -0.2) is 42.4 Å². The van der Waals surface area contributed by atoms with E-state index in [1.807, 2.05) is 37.1 Å². The average Bonchev–Trinajstić information content (AvgIpc) is 2.90.